The lowest BCUT2D eigenvalue weighted by atomic mass is 9.84. The number of ketones is 1. The molecule has 11 nitrogen and oxygen atoms in total. The molecule has 2 aliphatic carbocycles. The van der Waals surface area contributed by atoms with Gasteiger partial charge in [-0.2, -0.15) is 0 Å². The van der Waals surface area contributed by atoms with E-state index in [1.807, 2.05) is 27.7 Å². The summed E-state index contributed by atoms with van der Waals surface area (Å²) in [5.74, 6) is -3.08. The first-order valence-corrected chi connectivity index (χ1v) is 18.0. The highest BCUT2D eigenvalue weighted by Gasteiger charge is 2.56. The Labute approximate surface area is 292 Å². The number of nitrogens with zero attached hydrogens (tertiary/aromatic N) is 2. The number of halogens is 2. The van der Waals surface area contributed by atoms with Crippen LogP contribution in [0.1, 0.15) is 110 Å². The van der Waals surface area contributed by atoms with Crippen LogP contribution >= 0.6 is 11.6 Å². The third-order valence-electron chi connectivity index (χ3n) is 10.0. The Balaban J connectivity index is 1.39. The average Bonchev–Trinajstić information content (AvgIpc) is 3.65. The van der Waals surface area contributed by atoms with Crippen molar-refractivity contribution in [3.63, 3.8) is 0 Å². The Kier molecular flexibility index (Phi) is 11.4. The van der Waals surface area contributed by atoms with E-state index in [2.05, 4.69) is 21.1 Å². The lowest BCUT2D eigenvalue weighted by molar-refractivity contribution is -0.145. The fourth-order valence-corrected chi connectivity index (χ4v) is 7.32. The van der Waals surface area contributed by atoms with E-state index < -0.39 is 58.5 Å². The highest BCUT2D eigenvalue weighted by Crippen LogP contribution is 2.40. The monoisotopic (exact) mass is 701 g/mol. The van der Waals surface area contributed by atoms with E-state index in [4.69, 9.17) is 16.4 Å². The molecular formula is C36H49ClFN5O6. The van der Waals surface area contributed by atoms with Crippen LogP contribution in [0.4, 0.5) is 4.39 Å². The molecular weight excluding hydrogens is 653 g/mol. The Morgan fingerprint density at radius 1 is 1.08 bits per heavy atom. The zero-order valence-electron chi connectivity index (χ0n) is 28.9. The van der Waals surface area contributed by atoms with Gasteiger partial charge in [-0.3, -0.25) is 24.0 Å². The number of carbonyl (C=O) groups is 5. The normalized spacial score (nSPS) is 23.8. The van der Waals surface area contributed by atoms with Gasteiger partial charge in [-0.15, -0.1) is 0 Å². The summed E-state index contributed by atoms with van der Waals surface area (Å²) in [6.07, 6.45) is 8.05. The minimum absolute atomic E-state index is 0.00600. The molecule has 2 saturated carbocycles. The van der Waals surface area contributed by atoms with Crippen LogP contribution < -0.4 is 16.0 Å². The predicted molar refractivity (Wildman–Crippen MR) is 182 cm³/mol. The highest BCUT2D eigenvalue weighted by molar-refractivity contribution is 6.38. The van der Waals surface area contributed by atoms with Crippen molar-refractivity contribution < 1.29 is 33.2 Å². The fraction of sp³-hybridized carbons (Fsp3) is 0.667. The number of amides is 4. The minimum Gasteiger partial charge on any atom is -0.387 e. The molecule has 1 aromatic rings. The van der Waals surface area contributed by atoms with Crippen LogP contribution in [-0.4, -0.2) is 76.3 Å². The minimum atomic E-state index is -1.18. The summed E-state index contributed by atoms with van der Waals surface area (Å²) < 4.78 is 14.8. The van der Waals surface area contributed by atoms with Crippen molar-refractivity contribution in [2.24, 2.45) is 16.5 Å². The van der Waals surface area contributed by atoms with Crippen LogP contribution in [0.15, 0.2) is 23.4 Å². The topological polar surface area (TPSA) is 146 Å². The molecule has 1 spiro atoms. The zero-order chi connectivity index (χ0) is 35.5. The van der Waals surface area contributed by atoms with E-state index in [1.165, 1.54) is 23.1 Å². The lowest BCUT2D eigenvalue weighted by Crippen LogP contribution is -2.59. The zero-order valence-corrected chi connectivity index (χ0v) is 29.7. The van der Waals surface area contributed by atoms with Crippen molar-refractivity contribution in [3.05, 3.63) is 34.6 Å². The van der Waals surface area contributed by atoms with Crippen LogP contribution in [-0.2, 0) is 28.8 Å². The Hall–Kier alpha value is -3.54. The summed E-state index contributed by atoms with van der Waals surface area (Å²) >= 11 is 6.15. The first kappa shape index (κ1) is 36.7. The van der Waals surface area contributed by atoms with E-state index in [0.717, 1.165) is 44.9 Å². The molecule has 4 amide bonds. The summed E-state index contributed by atoms with van der Waals surface area (Å²) in [7, 11) is 0. The predicted octanol–water partition coefficient (Wildman–Crippen LogP) is 4.58. The number of rotatable bonds is 12. The van der Waals surface area contributed by atoms with Crippen LogP contribution in [0.2, 0.25) is 5.02 Å². The molecule has 0 aromatic heterocycles. The van der Waals surface area contributed by atoms with E-state index in [-0.39, 0.29) is 54.9 Å². The van der Waals surface area contributed by atoms with Gasteiger partial charge in [-0.05, 0) is 61.6 Å². The smallest absolute Gasteiger partial charge is 0.289 e. The Morgan fingerprint density at radius 3 is 2.45 bits per heavy atom. The lowest BCUT2D eigenvalue weighted by Gasteiger charge is -2.36. The molecule has 1 aromatic carbocycles. The van der Waals surface area contributed by atoms with Gasteiger partial charge in [0, 0.05) is 35.9 Å². The highest BCUT2D eigenvalue weighted by atomic mass is 35.5. The Morgan fingerprint density at radius 2 is 1.80 bits per heavy atom. The molecule has 13 heteroatoms. The number of carbonyl (C=O) groups excluding carboxylic acids is 5. The van der Waals surface area contributed by atoms with Gasteiger partial charge in [0.1, 0.15) is 17.9 Å². The van der Waals surface area contributed by atoms with E-state index >= 15 is 0 Å². The SMILES string of the molecule is CCC[C@H](NC(=O)[C@@H]1C[C@]2(CC(c3cc(Cl)ccc3F)=NO2)CN1C(=O)[C@@H](NC(=O)CC1CCCCC1)C(C)(C)C)C(=O)C(=O)NC1CC1. The number of benzene rings is 1. The molecule has 1 saturated heterocycles. The summed E-state index contributed by atoms with van der Waals surface area (Å²) in [6.45, 7) is 7.32. The maximum Gasteiger partial charge on any atom is 0.289 e. The first-order valence-electron chi connectivity index (χ1n) is 17.6. The fourth-order valence-electron chi connectivity index (χ4n) is 7.15. The number of nitrogens with one attached hydrogen (secondary N) is 3. The van der Waals surface area contributed by atoms with Crippen molar-refractivity contribution in [1.82, 2.24) is 20.9 Å². The third-order valence-corrected chi connectivity index (χ3v) is 10.3. The average molecular weight is 702 g/mol. The summed E-state index contributed by atoms with van der Waals surface area (Å²) in [4.78, 5) is 75.1. The van der Waals surface area contributed by atoms with Gasteiger partial charge < -0.3 is 25.7 Å². The molecule has 268 valence electrons. The Bertz CT molecular complexity index is 1490. The maximum atomic E-state index is 14.8. The summed E-state index contributed by atoms with van der Waals surface area (Å²) in [5, 5.41) is 12.9. The standard InChI is InChI=1S/C36H49ClFN5O6/c1-5-9-26(30(45)33(47)39-23-13-14-23)40-32(46)28-19-36(18-27(42-49-36)24-17-22(37)12-15-25(24)38)20-43(28)34(48)31(35(2,3)4)41-29(44)16-21-10-7-6-8-11-21/h12,15,17,21,23,26,28,31H,5-11,13-14,16,18-20H2,1-4H3,(H,39,47)(H,40,46)(H,41,44)/t26-,28-,31+,36+/m0/s1. The van der Waals surface area contributed by atoms with Gasteiger partial charge in [0.05, 0.1) is 18.3 Å². The number of oxime groups is 1. The molecule has 49 heavy (non-hydrogen) atoms. The van der Waals surface area contributed by atoms with Gasteiger partial charge in [0.15, 0.2) is 5.60 Å². The van der Waals surface area contributed by atoms with Crippen molar-refractivity contribution in [1.29, 1.82) is 0 Å². The first-order chi connectivity index (χ1) is 23.2. The van der Waals surface area contributed by atoms with Crippen molar-refractivity contribution in [2.75, 3.05) is 6.54 Å². The van der Waals surface area contributed by atoms with E-state index in [1.54, 1.807) is 0 Å². The van der Waals surface area contributed by atoms with Crippen LogP contribution in [0.3, 0.4) is 0 Å². The number of likely N-dealkylation sites (tertiary alicyclic amines) is 1. The van der Waals surface area contributed by atoms with Crippen LogP contribution in [0.5, 0.6) is 0 Å². The van der Waals surface area contributed by atoms with Crippen molar-refractivity contribution in [3.8, 4) is 0 Å². The van der Waals surface area contributed by atoms with Gasteiger partial charge >= 0.3 is 0 Å². The van der Waals surface area contributed by atoms with Crippen molar-refractivity contribution >= 4 is 46.7 Å². The second-order valence-electron chi connectivity index (χ2n) is 15.3. The second kappa shape index (κ2) is 15.1. The number of hydrogen-bond donors (Lipinski definition) is 3. The van der Waals surface area contributed by atoms with Gasteiger partial charge in [-0.1, -0.05) is 70.1 Å². The molecule has 0 unspecified atom stereocenters. The second-order valence-corrected chi connectivity index (χ2v) is 15.8. The number of Topliss-reactive ketones (excluding diaryl/α,β-unsaturated/α-hetero) is 1. The van der Waals surface area contributed by atoms with Crippen LogP contribution in [0, 0.1) is 17.2 Å². The van der Waals surface area contributed by atoms with Crippen molar-refractivity contribution in [2.45, 2.75) is 135 Å². The third kappa shape index (κ3) is 8.98. The molecule has 2 aliphatic heterocycles. The molecule has 5 rings (SSSR count). The van der Waals surface area contributed by atoms with Gasteiger partial charge in [0.2, 0.25) is 23.5 Å². The van der Waals surface area contributed by atoms with Gasteiger partial charge in [-0.25, -0.2) is 4.39 Å². The maximum absolute atomic E-state index is 14.8. The van der Waals surface area contributed by atoms with E-state index in [9.17, 15) is 28.4 Å². The molecule has 0 radical (unpaired) electrons. The van der Waals surface area contributed by atoms with Gasteiger partial charge in [0.25, 0.3) is 5.91 Å². The molecule has 3 fully saturated rings. The van der Waals surface area contributed by atoms with E-state index in [0.29, 0.717) is 17.9 Å². The molecule has 0 bridgehead atoms. The molecule has 2 heterocycles. The largest absolute Gasteiger partial charge is 0.387 e. The molecule has 4 atom stereocenters. The quantitative estimate of drug-likeness (QED) is 0.272. The summed E-state index contributed by atoms with van der Waals surface area (Å²) in [6, 6.07) is 0.902. The van der Waals surface area contributed by atoms with Crippen LogP contribution in [0.25, 0.3) is 0 Å². The molecule has 4 aliphatic rings. The summed E-state index contributed by atoms with van der Waals surface area (Å²) in [5.41, 5.74) is -1.45. The number of hydrogen-bond acceptors (Lipinski definition) is 7. The molecule has 3 N–H and O–H groups in total.